The second-order valence-electron chi connectivity index (χ2n) is 2.75. The van der Waals surface area contributed by atoms with Gasteiger partial charge in [-0.05, 0) is 6.07 Å². The van der Waals surface area contributed by atoms with Gasteiger partial charge in [0.25, 0.3) is 5.91 Å². The van der Waals surface area contributed by atoms with Crippen LogP contribution < -0.4 is 5.73 Å². The summed E-state index contributed by atoms with van der Waals surface area (Å²) < 4.78 is 0. The van der Waals surface area contributed by atoms with Gasteiger partial charge in [0.2, 0.25) is 0 Å². The molecular formula is C10H8N2O. The molecule has 0 aromatic rings. The first-order valence-corrected chi connectivity index (χ1v) is 3.92. The van der Waals surface area contributed by atoms with E-state index >= 15 is 0 Å². The minimum atomic E-state index is -0.436. The molecule has 0 bridgehead atoms. The van der Waals surface area contributed by atoms with Crippen molar-refractivity contribution in [2.75, 3.05) is 0 Å². The number of amides is 1. The molecule has 3 nitrogen and oxygen atoms in total. The maximum atomic E-state index is 11.0. The number of fused-ring (bicyclic) bond motifs is 1. The second kappa shape index (κ2) is 2.86. The summed E-state index contributed by atoms with van der Waals surface area (Å²) >= 11 is 0. The number of nitrogens with two attached hydrogens (primary N) is 1. The minimum Gasteiger partial charge on any atom is -0.366 e. The molecule has 2 rings (SSSR count). The normalized spacial score (nSPS) is 10.2. The van der Waals surface area contributed by atoms with E-state index in [1.165, 1.54) is 6.20 Å². The lowest BCUT2D eigenvalue weighted by atomic mass is 10.1. The average molecular weight is 172 g/mol. The Balaban J connectivity index is 2.68. The van der Waals surface area contributed by atoms with Crippen molar-refractivity contribution in [3.8, 4) is 11.3 Å². The predicted molar refractivity (Wildman–Crippen MR) is 49.4 cm³/mol. The molecule has 0 radical (unpaired) electrons. The zero-order valence-electron chi connectivity index (χ0n) is 6.90. The second-order valence-corrected chi connectivity index (χ2v) is 2.75. The molecule has 2 N–H and O–H groups in total. The first-order chi connectivity index (χ1) is 6.29. The summed E-state index contributed by atoms with van der Waals surface area (Å²) in [5.74, 6) is -0.436. The van der Waals surface area contributed by atoms with Gasteiger partial charge in [0.15, 0.2) is 0 Å². The number of nitrogens with zero attached hydrogens (tertiary/aromatic N) is 1. The van der Waals surface area contributed by atoms with Gasteiger partial charge in [0, 0.05) is 11.8 Å². The average Bonchev–Trinajstić information content (AvgIpc) is 2.36. The van der Waals surface area contributed by atoms with Crippen molar-refractivity contribution >= 4 is 5.91 Å². The summed E-state index contributed by atoms with van der Waals surface area (Å²) in [5.41, 5.74) is 7.26. The molecular weight excluding hydrogens is 164 g/mol. The molecule has 0 saturated carbocycles. The van der Waals surface area contributed by atoms with Crippen LogP contribution >= 0.6 is 0 Å². The summed E-state index contributed by atoms with van der Waals surface area (Å²) in [6.45, 7) is 0. The van der Waals surface area contributed by atoms with E-state index in [1.807, 2.05) is 30.3 Å². The van der Waals surface area contributed by atoms with Crippen molar-refractivity contribution in [3.63, 3.8) is 0 Å². The highest BCUT2D eigenvalue weighted by Gasteiger charge is 2.12. The molecule has 0 aromatic heterocycles. The van der Waals surface area contributed by atoms with Gasteiger partial charge in [-0.3, -0.25) is 9.78 Å². The number of hydrogen-bond donors (Lipinski definition) is 1. The minimum absolute atomic E-state index is 0.436. The molecule has 1 amide bonds. The molecule has 0 spiro atoms. The van der Waals surface area contributed by atoms with E-state index < -0.39 is 5.91 Å². The van der Waals surface area contributed by atoms with Crippen LogP contribution in [0.4, 0.5) is 0 Å². The van der Waals surface area contributed by atoms with E-state index in [2.05, 4.69) is 4.98 Å². The number of carbonyl (C=O) groups excluding carboxylic acids is 1. The van der Waals surface area contributed by atoms with Crippen LogP contribution in [0.5, 0.6) is 0 Å². The monoisotopic (exact) mass is 172 g/mol. The van der Waals surface area contributed by atoms with E-state index in [0.717, 1.165) is 11.3 Å². The quantitative estimate of drug-likeness (QED) is 0.704. The maximum absolute atomic E-state index is 11.0. The van der Waals surface area contributed by atoms with Crippen LogP contribution in [-0.4, -0.2) is 10.9 Å². The van der Waals surface area contributed by atoms with Gasteiger partial charge < -0.3 is 5.73 Å². The standard InChI is InChI=1S/C10H8N2O/c11-10(13)8-6-12-9-5-3-1-2-4-7(8)9/h1-6H,(H2,11,13). The highest BCUT2D eigenvalue weighted by Crippen LogP contribution is 2.22. The van der Waals surface area contributed by atoms with Crippen LogP contribution in [0.15, 0.2) is 36.5 Å². The SMILES string of the molecule is NC(=O)c1cnc2cccccc1-2. The molecule has 1 heterocycles. The molecule has 0 fully saturated rings. The van der Waals surface area contributed by atoms with Gasteiger partial charge in [-0.2, -0.15) is 0 Å². The highest BCUT2D eigenvalue weighted by atomic mass is 16.1. The van der Waals surface area contributed by atoms with Crippen LogP contribution in [0.1, 0.15) is 10.4 Å². The zero-order chi connectivity index (χ0) is 9.26. The molecule has 64 valence electrons. The molecule has 3 heteroatoms. The molecule has 0 atom stereocenters. The lowest BCUT2D eigenvalue weighted by molar-refractivity contribution is 0.100. The molecule has 1 aliphatic heterocycles. The Kier molecular flexibility index (Phi) is 1.70. The largest absolute Gasteiger partial charge is 0.366 e. The van der Waals surface area contributed by atoms with E-state index in [1.54, 1.807) is 0 Å². The smallest absolute Gasteiger partial charge is 0.250 e. The van der Waals surface area contributed by atoms with Gasteiger partial charge in [-0.25, -0.2) is 0 Å². The Hall–Kier alpha value is -1.90. The first-order valence-electron chi connectivity index (χ1n) is 3.92. The van der Waals surface area contributed by atoms with Crippen molar-refractivity contribution in [3.05, 3.63) is 42.1 Å². The van der Waals surface area contributed by atoms with Gasteiger partial charge >= 0.3 is 0 Å². The number of aromatic nitrogens is 1. The van der Waals surface area contributed by atoms with Gasteiger partial charge in [-0.1, -0.05) is 24.3 Å². The van der Waals surface area contributed by atoms with E-state index in [9.17, 15) is 4.79 Å². The summed E-state index contributed by atoms with van der Waals surface area (Å²) in [5, 5.41) is 0. The number of hydrogen-bond acceptors (Lipinski definition) is 2. The van der Waals surface area contributed by atoms with Crippen molar-refractivity contribution in [1.29, 1.82) is 0 Å². The number of primary amides is 1. The van der Waals surface area contributed by atoms with Crippen molar-refractivity contribution in [1.82, 2.24) is 4.98 Å². The third kappa shape index (κ3) is 1.24. The van der Waals surface area contributed by atoms with E-state index in [0.29, 0.717) is 5.56 Å². The molecule has 0 saturated heterocycles. The topological polar surface area (TPSA) is 56.0 Å². The molecule has 2 aliphatic rings. The third-order valence-electron chi connectivity index (χ3n) is 1.90. The Morgan fingerprint density at radius 1 is 1.23 bits per heavy atom. The summed E-state index contributed by atoms with van der Waals surface area (Å²) in [6.07, 6.45) is 1.51. The van der Waals surface area contributed by atoms with Crippen molar-refractivity contribution in [2.24, 2.45) is 5.73 Å². The Morgan fingerprint density at radius 2 is 2.00 bits per heavy atom. The van der Waals surface area contributed by atoms with Gasteiger partial charge in [0.05, 0.1) is 11.3 Å². The Morgan fingerprint density at radius 3 is 2.77 bits per heavy atom. The fourth-order valence-corrected chi connectivity index (χ4v) is 1.28. The van der Waals surface area contributed by atoms with E-state index in [4.69, 9.17) is 5.73 Å². The van der Waals surface area contributed by atoms with Crippen LogP contribution in [0, 0.1) is 0 Å². The fourth-order valence-electron chi connectivity index (χ4n) is 1.28. The Labute approximate surface area is 75.6 Å². The third-order valence-corrected chi connectivity index (χ3v) is 1.90. The zero-order valence-corrected chi connectivity index (χ0v) is 6.90. The molecule has 1 aliphatic carbocycles. The molecule has 0 aromatic carbocycles. The van der Waals surface area contributed by atoms with E-state index in [-0.39, 0.29) is 0 Å². The van der Waals surface area contributed by atoms with Gasteiger partial charge in [-0.15, -0.1) is 0 Å². The lowest BCUT2D eigenvalue weighted by Gasteiger charge is -1.92. The molecule has 0 unspecified atom stereocenters. The number of rotatable bonds is 1. The van der Waals surface area contributed by atoms with Crippen LogP contribution in [0.3, 0.4) is 0 Å². The van der Waals surface area contributed by atoms with Crippen LogP contribution in [-0.2, 0) is 0 Å². The Bertz CT molecular complexity index is 425. The van der Waals surface area contributed by atoms with Crippen molar-refractivity contribution < 1.29 is 4.79 Å². The summed E-state index contributed by atoms with van der Waals surface area (Å²) in [7, 11) is 0. The highest BCUT2D eigenvalue weighted by molar-refractivity contribution is 5.99. The summed E-state index contributed by atoms with van der Waals surface area (Å²) in [6, 6.07) is 9.30. The van der Waals surface area contributed by atoms with Gasteiger partial charge in [0.1, 0.15) is 0 Å². The van der Waals surface area contributed by atoms with Crippen molar-refractivity contribution in [2.45, 2.75) is 0 Å². The summed E-state index contributed by atoms with van der Waals surface area (Å²) in [4.78, 5) is 15.0. The molecule has 13 heavy (non-hydrogen) atoms. The van der Waals surface area contributed by atoms with Crippen LogP contribution in [0.2, 0.25) is 0 Å². The van der Waals surface area contributed by atoms with Crippen LogP contribution in [0.25, 0.3) is 11.3 Å². The predicted octanol–water partition coefficient (Wildman–Crippen LogP) is 1.29. The fraction of sp³-hybridized carbons (Fsp3) is 0. The number of carbonyl (C=O) groups is 1. The maximum Gasteiger partial charge on any atom is 0.250 e. The first kappa shape index (κ1) is 7.73. The lowest BCUT2D eigenvalue weighted by Crippen LogP contribution is -2.10.